The molecule has 4 rings (SSSR count). The predicted octanol–water partition coefficient (Wildman–Crippen LogP) is 3.25. The van der Waals surface area contributed by atoms with E-state index < -0.39 is 11.2 Å². The molecular weight excluding hydrogens is 356 g/mol. The molecule has 1 aliphatic carbocycles. The van der Waals surface area contributed by atoms with Crippen molar-refractivity contribution in [2.75, 3.05) is 7.11 Å². The van der Waals surface area contributed by atoms with Gasteiger partial charge in [0, 0.05) is 23.0 Å². The molecule has 0 radical (unpaired) electrons. The first kappa shape index (κ1) is 18.3. The van der Waals surface area contributed by atoms with E-state index in [1.165, 1.54) is 5.57 Å². The van der Waals surface area contributed by atoms with Gasteiger partial charge in [0.1, 0.15) is 11.3 Å². The first-order valence-corrected chi connectivity index (χ1v) is 9.45. The van der Waals surface area contributed by atoms with Gasteiger partial charge in [-0.05, 0) is 43.4 Å². The van der Waals surface area contributed by atoms with E-state index in [2.05, 4.69) is 41.9 Å². The van der Waals surface area contributed by atoms with Crippen LogP contribution in [0.15, 0.2) is 44.5 Å². The number of nitrogens with zero attached hydrogens (tertiary/aromatic N) is 2. The van der Waals surface area contributed by atoms with Crippen molar-refractivity contribution in [3.8, 4) is 5.75 Å². The summed E-state index contributed by atoms with van der Waals surface area (Å²) in [6.07, 6.45) is 4.97. The highest BCUT2D eigenvalue weighted by Gasteiger charge is 2.25. The van der Waals surface area contributed by atoms with Gasteiger partial charge in [-0.1, -0.05) is 25.5 Å². The van der Waals surface area contributed by atoms with Gasteiger partial charge in [0.2, 0.25) is 0 Å². The molecule has 0 saturated heterocycles. The summed E-state index contributed by atoms with van der Waals surface area (Å²) >= 11 is 0. The lowest BCUT2D eigenvalue weighted by molar-refractivity contribution is 0.361. The van der Waals surface area contributed by atoms with Gasteiger partial charge in [-0.2, -0.15) is 5.10 Å². The van der Waals surface area contributed by atoms with E-state index in [-0.39, 0.29) is 5.92 Å². The molecule has 0 saturated carbocycles. The molecule has 2 unspecified atom stereocenters. The van der Waals surface area contributed by atoms with Gasteiger partial charge in [-0.25, -0.2) is 4.79 Å². The highest BCUT2D eigenvalue weighted by Crippen LogP contribution is 2.32. The minimum Gasteiger partial charge on any atom is -0.497 e. The van der Waals surface area contributed by atoms with E-state index in [1.807, 2.05) is 6.07 Å². The quantitative estimate of drug-likeness (QED) is 0.540. The van der Waals surface area contributed by atoms with Gasteiger partial charge < -0.3 is 14.7 Å². The fraction of sp³-hybridized carbons (Fsp3) is 0.381. The van der Waals surface area contributed by atoms with Crippen molar-refractivity contribution in [2.24, 2.45) is 22.9 Å². The zero-order chi connectivity index (χ0) is 20.0. The van der Waals surface area contributed by atoms with Gasteiger partial charge in [0.25, 0.3) is 0 Å². The van der Waals surface area contributed by atoms with E-state index >= 15 is 0 Å². The average Bonchev–Trinajstić information content (AvgIpc) is 3.01. The van der Waals surface area contributed by atoms with Crippen LogP contribution in [0.3, 0.4) is 0 Å². The normalized spacial score (nSPS) is 22.9. The third kappa shape index (κ3) is 2.96. The maximum absolute atomic E-state index is 12.9. The number of hydrogen-bond acceptors (Lipinski definition) is 4. The summed E-state index contributed by atoms with van der Waals surface area (Å²) in [6.45, 7) is 6.44. The Morgan fingerprint density at radius 1 is 1.21 bits per heavy atom. The maximum Gasteiger partial charge on any atom is 0.350 e. The topological polar surface area (TPSA) is 92.2 Å². The maximum atomic E-state index is 12.9. The molecule has 0 amide bonds. The number of hydrogen-bond donors (Lipinski definition) is 2. The molecule has 7 heteroatoms. The summed E-state index contributed by atoms with van der Waals surface area (Å²) < 4.78 is 6.14. The fourth-order valence-electron chi connectivity index (χ4n) is 4.27. The van der Waals surface area contributed by atoms with Crippen LogP contribution < -0.4 is 16.0 Å². The summed E-state index contributed by atoms with van der Waals surface area (Å²) in [5, 5.41) is 5.00. The van der Waals surface area contributed by atoms with Crippen LogP contribution in [0.4, 0.5) is 0 Å². The second-order valence-corrected chi connectivity index (χ2v) is 7.73. The van der Waals surface area contributed by atoms with Crippen molar-refractivity contribution in [3.05, 3.63) is 50.7 Å². The Morgan fingerprint density at radius 2 is 2.00 bits per heavy atom. The minimum absolute atomic E-state index is 0.178. The summed E-state index contributed by atoms with van der Waals surface area (Å²) in [4.78, 5) is 31.4. The Morgan fingerprint density at radius 3 is 2.71 bits per heavy atom. The second kappa shape index (κ2) is 6.82. The molecule has 0 spiro atoms. The number of benzene rings is 1. The molecule has 28 heavy (non-hydrogen) atoms. The molecule has 2 heterocycles. The summed E-state index contributed by atoms with van der Waals surface area (Å²) in [7, 11) is 1.57. The van der Waals surface area contributed by atoms with Crippen LogP contribution in [0.25, 0.3) is 21.9 Å². The highest BCUT2D eigenvalue weighted by molar-refractivity contribution is 6.04. The van der Waals surface area contributed by atoms with Crippen molar-refractivity contribution in [1.82, 2.24) is 14.6 Å². The molecule has 3 atom stereocenters. The van der Waals surface area contributed by atoms with Crippen molar-refractivity contribution in [3.63, 3.8) is 0 Å². The molecule has 146 valence electrons. The third-order valence-corrected chi connectivity index (χ3v) is 5.65. The number of rotatable bonds is 3. The standard InChI is InChI=1S/C21H24N4O3/c1-11-7-12(2)16(13(3)8-11)10-22-25-20(26)19-18(24-21(25)27)15-9-14(28-4)5-6-17(15)23-19/h5-7,9-10,12-13,16,23H,8H2,1-4H3,(H,24,27)/t12?,13?,16-/m1/s1. The Hall–Kier alpha value is -3.09. The number of fused-ring (bicyclic) bond motifs is 3. The number of H-pyrrole nitrogens is 2. The van der Waals surface area contributed by atoms with Crippen LogP contribution in [0.2, 0.25) is 0 Å². The average molecular weight is 380 g/mol. The first-order chi connectivity index (χ1) is 13.4. The Balaban J connectivity index is 1.81. The van der Waals surface area contributed by atoms with E-state index in [0.29, 0.717) is 28.6 Å². The van der Waals surface area contributed by atoms with Crippen LogP contribution in [-0.2, 0) is 0 Å². The van der Waals surface area contributed by atoms with E-state index in [9.17, 15) is 9.59 Å². The molecule has 0 bridgehead atoms. The van der Waals surface area contributed by atoms with Gasteiger partial charge >= 0.3 is 11.2 Å². The molecule has 0 aliphatic heterocycles. The Kier molecular flexibility index (Phi) is 4.45. The number of allylic oxidation sites excluding steroid dienone is 2. The molecule has 3 aromatic rings. The van der Waals surface area contributed by atoms with Crippen LogP contribution in [0.5, 0.6) is 5.75 Å². The van der Waals surface area contributed by atoms with Crippen molar-refractivity contribution in [1.29, 1.82) is 0 Å². The van der Waals surface area contributed by atoms with Crippen LogP contribution >= 0.6 is 0 Å². The zero-order valence-corrected chi connectivity index (χ0v) is 16.4. The molecule has 1 aliphatic rings. The minimum atomic E-state index is -0.555. The number of methoxy groups -OCH3 is 1. The van der Waals surface area contributed by atoms with Crippen molar-refractivity contribution < 1.29 is 4.74 Å². The Bertz CT molecular complexity index is 1230. The van der Waals surface area contributed by atoms with Gasteiger partial charge in [0.05, 0.1) is 12.6 Å². The zero-order valence-electron chi connectivity index (χ0n) is 16.4. The summed E-state index contributed by atoms with van der Waals surface area (Å²) in [6, 6.07) is 5.41. The third-order valence-electron chi connectivity index (χ3n) is 5.65. The number of aromatic nitrogens is 3. The van der Waals surface area contributed by atoms with Gasteiger partial charge in [-0.15, -0.1) is 4.68 Å². The van der Waals surface area contributed by atoms with E-state index in [1.54, 1.807) is 25.5 Å². The van der Waals surface area contributed by atoms with Crippen LogP contribution in [0.1, 0.15) is 27.2 Å². The highest BCUT2D eigenvalue weighted by atomic mass is 16.5. The molecule has 1 aromatic carbocycles. The number of aromatic amines is 2. The molecular formula is C21H24N4O3. The summed E-state index contributed by atoms with van der Waals surface area (Å²) in [5.41, 5.74) is 1.89. The second-order valence-electron chi connectivity index (χ2n) is 7.73. The summed E-state index contributed by atoms with van der Waals surface area (Å²) in [5.74, 6) is 1.55. The lowest BCUT2D eigenvalue weighted by Gasteiger charge is -2.29. The lowest BCUT2D eigenvalue weighted by atomic mass is 9.76. The number of nitrogens with one attached hydrogen (secondary N) is 2. The molecule has 2 aromatic heterocycles. The van der Waals surface area contributed by atoms with Gasteiger partial charge in [-0.3, -0.25) is 4.79 Å². The smallest absolute Gasteiger partial charge is 0.350 e. The lowest BCUT2D eigenvalue weighted by Crippen LogP contribution is -2.33. The van der Waals surface area contributed by atoms with Gasteiger partial charge in [0.15, 0.2) is 0 Å². The number of ether oxygens (including phenoxy) is 1. The first-order valence-electron chi connectivity index (χ1n) is 9.45. The molecule has 2 N–H and O–H groups in total. The monoisotopic (exact) mass is 380 g/mol. The Labute approximate surface area is 161 Å². The largest absolute Gasteiger partial charge is 0.497 e. The fourth-order valence-corrected chi connectivity index (χ4v) is 4.27. The van der Waals surface area contributed by atoms with Crippen LogP contribution in [0, 0.1) is 17.8 Å². The van der Waals surface area contributed by atoms with E-state index in [0.717, 1.165) is 22.0 Å². The van der Waals surface area contributed by atoms with E-state index in [4.69, 9.17) is 4.74 Å². The predicted molar refractivity (Wildman–Crippen MR) is 111 cm³/mol. The van der Waals surface area contributed by atoms with Crippen LogP contribution in [-0.4, -0.2) is 28.0 Å². The molecule has 0 fully saturated rings. The SMILES string of the molecule is COc1ccc2[nH]c3c(=O)n(N=C[C@@H]4C(C)C=C(C)CC4C)c(=O)[nH]c3c2c1. The van der Waals surface area contributed by atoms with Crippen molar-refractivity contribution in [2.45, 2.75) is 27.2 Å². The van der Waals surface area contributed by atoms with Crippen molar-refractivity contribution >= 4 is 28.2 Å². The molecule has 7 nitrogen and oxygen atoms in total.